The molecular formula is C23H29N5O5S. The summed E-state index contributed by atoms with van der Waals surface area (Å²) in [6.45, 7) is 5.07. The minimum absolute atomic E-state index is 0.101. The summed E-state index contributed by atoms with van der Waals surface area (Å²) in [6.07, 6.45) is 6.21. The number of benzene rings is 1. The molecule has 182 valence electrons. The highest BCUT2D eigenvalue weighted by Gasteiger charge is 2.25. The Morgan fingerprint density at radius 3 is 2.47 bits per heavy atom. The number of aromatic nitrogens is 4. The topological polar surface area (TPSA) is 120 Å². The van der Waals surface area contributed by atoms with Crippen molar-refractivity contribution in [2.45, 2.75) is 37.2 Å². The highest BCUT2D eigenvalue weighted by atomic mass is 32.2. The van der Waals surface area contributed by atoms with E-state index >= 15 is 0 Å². The number of ether oxygens (including phenoxy) is 2. The van der Waals surface area contributed by atoms with Crippen LogP contribution in [0.2, 0.25) is 0 Å². The van der Waals surface area contributed by atoms with Crippen LogP contribution in [0, 0.1) is 5.92 Å². The van der Waals surface area contributed by atoms with Crippen molar-refractivity contribution in [2.24, 2.45) is 5.92 Å². The summed E-state index contributed by atoms with van der Waals surface area (Å²) in [7, 11) is -1.04. The third-order valence-corrected chi connectivity index (χ3v) is 6.83. The lowest BCUT2D eigenvalue weighted by atomic mass is 10.1. The molecular weight excluding hydrogens is 458 g/mol. The van der Waals surface area contributed by atoms with E-state index in [-0.39, 0.29) is 6.10 Å². The number of amides is 1. The van der Waals surface area contributed by atoms with E-state index in [1.165, 1.54) is 17.6 Å². The molecule has 1 N–H and O–H groups in total. The predicted molar refractivity (Wildman–Crippen MR) is 127 cm³/mol. The van der Waals surface area contributed by atoms with Crippen LogP contribution in [0.25, 0.3) is 16.7 Å². The molecule has 1 aromatic carbocycles. The molecule has 0 bridgehead atoms. The zero-order valence-corrected chi connectivity index (χ0v) is 20.1. The monoisotopic (exact) mass is 487 g/mol. The minimum atomic E-state index is -1.04. The molecule has 3 aromatic rings. The summed E-state index contributed by atoms with van der Waals surface area (Å²) >= 11 is 0. The highest BCUT2D eigenvalue weighted by Crippen LogP contribution is 2.26. The fourth-order valence-electron chi connectivity index (χ4n) is 3.86. The maximum Gasteiger partial charge on any atom is 0.407 e. The van der Waals surface area contributed by atoms with Crippen molar-refractivity contribution in [3.05, 3.63) is 36.8 Å². The Kier molecular flexibility index (Phi) is 7.73. The number of piperidine rings is 1. The van der Waals surface area contributed by atoms with Crippen LogP contribution in [0.1, 0.15) is 26.2 Å². The van der Waals surface area contributed by atoms with E-state index in [0.717, 1.165) is 29.7 Å². The van der Waals surface area contributed by atoms with Gasteiger partial charge in [0.1, 0.15) is 17.8 Å². The van der Waals surface area contributed by atoms with E-state index in [1.54, 1.807) is 29.3 Å². The first-order valence-corrected chi connectivity index (χ1v) is 12.8. The van der Waals surface area contributed by atoms with Crippen molar-refractivity contribution in [3.63, 3.8) is 0 Å². The van der Waals surface area contributed by atoms with Gasteiger partial charge in [-0.3, -0.25) is 4.21 Å². The summed E-state index contributed by atoms with van der Waals surface area (Å²) < 4.78 is 24.3. The zero-order valence-electron chi connectivity index (χ0n) is 19.3. The smallest absolute Gasteiger partial charge is 0.407 e. The summed E-state index contributed by atoms with van der Waals surface area (Å²) in [5, 5.41) is 14.1. The Hall–Kier alpha value is -3.05. The van der Waals surface area contributed by atoms with Crippen LogP contribution in [0.5, 0.6) is 5.88 Å². The van der Waals surface area contributed by atoms with Crippen molar-refractivity contribution in [3.8, 4) is 11.6 Å². The standard InChI is InChI=1S/C18H19N5O4S.C5H10O/c1-28(26)14-4-2-12(3-5-14)23-16-15(10-21-23)17(20-11-19-16)27-13-6-8-22(9-7-13)18(24)25;1-5-2-3-6-4-5/h2-5,10-11,13H,6-9H2,1H3,(H,24,25);5H,2-4H2,1H3/t;5-/m.1/s1. The number of rotatable bonds is 4. The van der Waals surface area contributed by atoms with Crippen molar-refractivity contribution in [1.82, 2.24) is 24.6 Å². The van der Waals surface area contributed by atoms with Crippen LogP contribution in [0.15, 0.2) is 41.7 Å². The Morgan fingerprint density at radius 2 is 1.91 bits per heavy atom. The van der Waals surface area contributed by atoms with Gasteiger partial charge in [-0.2, -0.15) is 5.10 Å². The number of carboxylic acid groups (broad SMARTS) is 1. The molecule has 1 unspecified atom stereocenters. The van der Waals surface area contributed by atoms with Gasteiger partial charge < -0.3 is 19.5 Å². The van der Waals surface area contributed by atoms with Gasteiger partial charge in [0, 0.05) is 61.1 Å². The number of carbonyl (C=O) groups is 1. The third kappa shape index (κ3) is 5.71. The van der Waals surface area contributed by atoms with Crippen LogP contribution in [-0.2, 0) is 15.5 Å². The third-order valence-electron chi connectivity index (χ3n) is 5.89. The molecule has 2 aliphatic rings. The number of hydrogen-bond acceptors (Lipinski definition) is 7. The highest BCUT2D eigenvalue weighted by molar-refractivity contribution is 7.84. The van der Waals surface area contributed by atoms with E-state index in [4.69, 9.17) is 14.6 Å². The Morgan fingerprint density at radius 1 is 1.18 bits per heavy atom. The molecule has 10 nitrogen and oxygen atoms in total. The second-order valence-electron chi connectivity index (χ2n) is 8.48. The first-order chi connectivity index (χ1) is 16.4. The molecule has 2 atom stereocenters. The van der Waals surface area contributed by atoms with E-state index in [2.05, 4.69) is 22.0 Å². The quantitative estimate of drug-likeness (QED) is 0.596. The van der Waals surface area contributed by atoms with E-state index in [0.29, 0.717) is 42.8 Å². The van der Waals surface area contributed by atoms with Gasteiger partial charge in [-0.25, -0.2) is 19.4 Å². The maximum atomic E-state index is 11.6. The molecule has 0 spiro atoms. The second kappa shape index (κ2) is 10.9. The molecule has 11 heteroatoms. The normalized spacial score (nSPS) is 19.5. The van der Waals surface area contributed by atoms with Crippen LogP contribution in [-0.4, -0.2) is 78.7 Å². The molecule has 2 fully saturated rings. The lowest BCUT2D eigenvalue weighted by molar-refractivity contribution is 0.0879. The average molecular weight is 488 g/mol. The Labute approximate surface area is 200 Å². The molecule has 2 saturated heterocycles. The molecule has 0 aliphatic carbocycles. The molecule has 34 heavy (non-hydrogen) atoms. The minimum Gasteiger partial charge on any atom is -0.474 e. The largest absolute Gasteiger partial charge is 0.474 e. The lowest BCUT2D eigenvalue weighted by Gasteiger charge is -2.29. The Balaban J connectivity index is 0.000000398. The molecule has 4 heterocycles. The first-order valence-electron chi connectivity index (χ1n) is 11.3. The first kappa shape index (κ1) is 24.1. The molecule has 2 aromatic heterocycles. The molecule has 2 aliphatic heterocycles. The van der Waals surface area contributed by atoms with Gasteiger partial charge in [-0.15, -0.1) is 0 Å². The van der Waals surface area contributed by atoms with Crippen molar-refractivity contribution in [1.29, 1.82) is 0 Å². The van der Waals surface area contributed by atoms with Crippen LogP contribution >= 0.6 is 0 Å². The van der Waals surface area contributed by atoms with Gasteiger partial charge in [0.2, 0.25) is 5.88 Å². The van der Waals surface area contributed by atoms with Gasteiger partial charge in [-0.05, 0) is 36.6 Å². The fraction of sp³-hybridized carbons (Fsp3) is 0.478. The summed E-state index contributed by atoms with van der Waals surface area (Å²) in [4.78, 5) is 21.7. The maximum absolute atomic E-state index is 11.6. The molecule has 0 radical (unpaired) electrons. The van der Waals surface area contributed by atoms with Gasteiger partial charge in [-0.1, -0.05) is 6.92 Å². The van der Waals surface area contributed by atoms with Crippen molar-refractivity contribution in [2.75, 3.05) is 32.6 Å². The molecule has 5 rings (SSSR count). The predicted octanol–water partition coefficient (Wildman–Crippen LogP) is 3.12. The molecule has 1 amide bonds. The van der Waals surface area contributed by atoms with Gasteiger partial charge in [0.15, 0.2) is 5.65 Å². The van der Waals surface area contributed by atoms with E-state index in [1.807, 2.05) is 12.1 Å². The number of fused-ring (bicyclic) bond motifs is 1. The number of nitrogens with zero attached hydrogens (tertiary/aromatic N) is 5. The van der Waals surface area contributed by atoms with Gasteiger partial charge in [0.25, 0.3) is 0 Å². The second-order valence-corrected chi connectivity index (χ2v) is 9.86. The lowest BCUT2D eigenvalue weighted by Crippen LogP contribution is -2.41. The summed E-state index contributed by atoms with van der Waals surface area (Å²) in [5.74, 6) is 1.27. The van der Waals surface area contributed by atoms with Gasteiger partial charge >= 0.3 is 6.09 Å². The average Bonchev–Trinajstić information content (AvgIpc) is 3.49. The van der Waals surface area contributed by atoms with Crippen LogP contribution in [0.4, 0.5) is 4.79 Å². The summed E-state index contributed by atoms with van der Waals surface area (Å²) in [5.41, 5.74) is 1.40. The van der Waals surface area contributed by atoms with E-state index < -0.39 is 16.9 Å². The van der Waals surface area contributed by atoms with Crippen LogP contribution in [0.3, 0.4) is 0 Å². The van der Waals surface area contributed by atoms with Crippen LogP contribution < -0.4 is 4.74 Å². The van der Waals surface area contributed by atoms with Crippen molar-refractivity contribution < 1.29 is 23.6 Å². The Bertz CT molecular complexity index is 1140. The van der Waals surface area contributed by atoms with Gasteiger partial charge in [0.05, 0.1) is 11.9 Å². The number of likely N-dealkylation sites (tertiary alicyclic amines) is 1. The fourth-order valence-corrected chi connectivity index (χ4v) is 4.38. The summed E-state index contributed by atoms with van der Waals surface area (Å²) in [6, 6.07) is 7.28. The zero-order chi connectivity index (χ0) is 24.1. The van der Waals surface area contributed by atoms with Crippen molar-refractivity contribution >= 4 is 27.9 Å². The number of hydrogen-bond donors (Lipinski definition) is 1. The molecule has 0 saturated carbocycles. The SMILES string of the molecule is CS(=O)c1ccc(-n2ncc3c(OC4CCN(C(=O)O)CC4)ncnc32)cc1.C[C@@H]1CCOC1. The van der Waals surface area contributed by atoms with E-state index in [9.17, 15) is 9.00 Å².